The number of hydrogen-bond donors (Lipinski definition) is 0. The Kier molecular flexibility index (Phi) is 8.22. The molecule has 0 aromatic heterocycles. The van der Waals surface area contributed by atoms with Crippen molar-refractivity contribution < 1.29 is 32.4 Å². The van der Waals surface area contributed by atoms with Gasteiger partial charge in [-0.25, -0.2) is 0 Å². The summed E-state index contributed by atoms with van der Waals surface area (Å²) in [5, 5.41) is 11.2. The number of benzene rings is 2. The number of alkyl halides is 3. The number of carbonyl (C=O) groups excluding carboxylic acids is 1. The second kappa shape index (κ2) is 10.7. The van der Waals surface area contributed by atoms with Crippen LogP contribution in [-0.2, 0) is 11.3 Å². The summed E-state index contributed by atoms with van der Waals surface area (Å²) in [6.45, 7) is 1.58. The molecular formula is C22H23F3N2O5. The quantitative estimate of drug-likeness (QED) is 0.304. The molecule has 0 N–H and O–H groups in total. The van der Waals surface area contributed by atoms with Crippen LogP contribution in [-0.4, -0.2) is 41.7 Å². The molecule has 7 nitrogen and oxygen atoms in total. The van der Waals surface area contributed by atoms with Crippen molar-refractivity contribution in [2.45, 2.75) is 32.7 Å². The zero-order valence-electron chi connectivity index (χ0n) is 17.8. The van der Waals surface area contributed by atoms with Crippen LogP contribution in [0.3, 0.4) is 0 Å². The molecule has 172 valence electrons. The van der Waals surface area contributed by atoms with Gasteiger partial charge in [0.15, 0.2) is 11.5 Å². The smallest absolute Gasteiger partial charge is 0.406 e. The summed E-state index contributed by atoms with van der Waals surface area (Å²) in [6, 6.07) is 10.2. The highest BCUT2D eigenvalue weighted by Gasteiger charge is 2.33. The monoisotopic (exact) mass is 452 g/mol. The van der Waals surface area contributed by atoms with Crippen LogP contribution in [0.25, 0.3) is 6.08 Å². The van der Waals surface area contributed by atoms with E-state index >= 15 is 0 Å². The van der Waals surface area contributed by atoms with Gasteiger partial charge in [0.25, 0.3) is 5.69 Å². The molecule has 0 saturated heterocycles. The number of rotatable bonds is 9. The number of ether oxygens (including phenoxy) is 2. The molecule has 10 heteroatoms. The lowest BCUT2D eigenvalue weighted by molar-refractivity contribution is -0.385. The van der Waals surface area contributed by atoms with Crippen molar-refractivity contribution >= 4 is 17.7 Å². The lowest BCUT2D eigenvalue weighted by Gasteiger charge is -2.22. The molecule has 0 heterocycles. The Balaban J connectivity index is 2.27. The molecule has 0 fully saturated rings. The van der Waals surface area contributed by atoms with E-state index in [1.807, 2.05) is 13.8 Å². The molecule has 0 saturated carbocycles. The first-order chi connectivity index (χ1) is 15.0. The summed E-state index contributed by atoms with van der Waals surface area (Å²) in [7, 11) is 1.44. The molecule has 0 spiro atoms. The van der Waals surface area contributed by atoms with E-state index in [1.165, 1.54) is 37.5 Å². The fourth-order valence-corrected chi connectivity index (χ4v) is 2.87. The van der Waals surface area contributed by atoms with Crippen LogP contribution in [0.1, 0.15) is 25.0 Å². The number of hydrogen-bond acceptors (Lipinski definition) is 5. The van der Waals surface area contributed by atoms with Gasteiger partial charge < -0.3 is 14.4 Å². The zero-order valence-corrected chi connectivity index (χ0v) is 17.8. The molecule has 0 aliphatic rings. The molecule has 0 aliphatic carbocycles. The first kappa shape index (κ1) is 24.7. The number of nitro benzene ring substituents is 1. The highest BCUT2D eigenvalue weighted by atomic mass is 19.4. The predicted octanol–water partition coefficient (Wildman–Crippen LogP) is 4.99. The van der Waals surface area contributed by atoms with Crippen molar-refractivity contribution in [2.75, 3.05) is 13.7 Å². The number of carbonyl (C=O) groups is 1. The van der Waals surface area contributed by atoms with Gasteiger partial charge in [0.2, 0.25) is 5.91 Å². The first-order valence-electron chi connectivity index (χ1n) is 9.61. The predicted molar refractivity (Wildman–Crippen MR) is 112 cm³/mol. The number of nitro groups is 1. The average Bonchev–Trinajstić information content (AvgIpc) is 2.71. The molecule has 0 aliphatic heterocycles. The third kappa shape index (κ3) is 7.29. The molecule has 32 heavy (non-hydrogen) atoms. The minimum absolute atomic E-state index is 0.000330. The van der Waals surface area contributed by atoms with E-state index in [4.69, 9.17) is 9.47 Å². The van der Waals surface area contributed by atoms with E-state index in [1.54, 1.807) is 18.2 Å². The van der Waals surface area contributed by atoms with E-state index in [9.17, 15) is 28.1 Å². The highest BCUT2D eigenvalue weighted by Crippen LogP contribution is 2.29. The Morgan fingerprint density at radius 3 is 2.47 bits per heavy atom. The first-order valence-corrected chi connectivity index (χ1v) is 9.61. The fraction of sp³-hybridized carbons (Fsp3) is 0.318. The number of methoxy groups -OCH3 is 1. The maximum absolute atomic E-state index is 13.1. The summed E-state index contributed by atoms with van der Waals surface area (Å²) in [6.07, 6.45) is -2.44. The highest BCUT2D eigenvalue weighted by molar-refractivity contribution is 5.92. The van der Waals surface area contributed by atoms with Gasteiger partial charge in [0, 0.05) is 17.7 Å². The van der Waals surface area contributed by atoms with Crippen molar-refractivity contribution in [3.05, 3.63) is 69.8 Å². The van der Waals surface area contributed by atoms with Crippen LogP contribution in [0.4, 0.5) is 18.9 Å². The Morgan fingerprint density at radius 1 is 1.19 bits per heavy atom. The lowest BCUT2D eigenvalue weighted by atomic mass is 10.1. The Morgan fingerprint density at radius 2 is 1.88 bits per heavy atom. The SMILES string of the molecule is COc1cc(/C=C/C(=O)N(Cc2ccccc2[N+](=O)[O-])CC(F)(F)F)ccc1OC(C)C. The van der Waals surface area contributed by atoms with Crippen molar-refractivity contribution in [3.8, 4) is 11.5 Å². The van der Waals surface area contributed by atoms with Gasteiger partial charge >= 0.3 is 6.18 Å². The maximum Gasteiger partial charge on any atom is 0.406 e. The Bertz CT molecular complexity index is 990. The van der Waals surface area contributed by atoms with Crippen LogP contribution in [0.15, 0.2) is 48.5 Å². The topological polar surface area (TPSA) is 81.9 Å². The van der Waals surface area contributed by atoms with Crippen molar-refractivity contribution in [1.82, 2.24) is 4.90 Å². The molecular weight excluding hydrogens is 429 g/mol. The van der Waals surface area contributed by atoms with E-state index < -0.39 is 30.1 Å². The van der Waals surface area contributed by atoms with Gasteiger partial charge in [-0.05, 0) is 37.6 Å². The molecule has 0 radical (unpaired) electrons. The fourth-order valence-electron chi connectivity index (χ4n) is 2.87. The molecule has 2 aromatic carbocycles. The molecule has 2 rings (SSSR count). The van der Waals surface area contributed by atoms with Gasteiger partial charge in [0.05, 0.1) is 24.7 Å². The average molecular weight is 452 g/mol. The molecule has 0 bridgehead atoms. The van der Waals surface area contributed by atoms with Gasteiger partial charge in [-0.1, -0.05) is 24.3 Å². The third-order valence-corrected chi connectivity index (χ3v) is 4.20. The summed E-state index contributed by atoms with van der Waals surface area (Å²) in [4.78, 5) is 23.5. The van der Waals surface area contributed by atoms with Crippen LogP contribution in [0.5, 0.6) is 11.5 Å². The minimum atomic E-state index is -4.67. The van der Waals surface area contributed by atoms with Crippen molar-refractivity contribution in [2.24, 2.45) is 0 Å². The van der Waals surface area contributed by atoms with E-state index in [2.05, 4.69) is 0 Å². The van der Waals surface area contributed by atoms with Gasteiger partial charge in [-0.2, -0.15) is 13.2 Å². The van der Waals surface area contributed by atoms with Gasteiger partial charge in [-0.3, -0.25) is 14.9 Å². The van der Waals surface area contributed by atoms with Crippen molar-refractivity contribution in [1.29, 1.82) is 0 Å². The number of nitrogens with zero attached hydrogens (tertiary/aromatic N) is 2. The van der Waals surface area contributed by atoms with Crippen LogP contribution in [0, 0.1) is 10.1 Å². The number of para-hydroxylation sites is 1. The Labute approximate surface area is 183 Å². The second-order valence-corrected chi connectivity index (χ2v) is 7.11. The normalized spacial score (nSPS) is 11.6. The third-order valence-electron chi connectivity index (χ3n) is 4.20. The van der Waals surface area contributed by atoms with E-state index in [-0.39, 0.29) is 17.4 Å². The van der Waals surface area contributed by atoms with Crippen molar-refractivity contribution in [3.63, 3.8) is 0 Å². The van der Waals surface area contributed by atoms with Crippen LogP contribution in [0.2, 0.25) is 0 Å². The second-order valence-electron chi connectivity index (χ2n) is 7.11. The Hall–Kier alpha value is -3.56. The lowest BCUT2D eigenvalue weighted by Crippen LogP contribution is -2.37. The van der Waals surface area contributed by atoms with Crippen LogP contribution >= 0.6 is 0 Å². The summed E-state index contributed by atoms with van der Waals surface area (Å²) >= 11 is 0. The minimum Gasteiger partial charge on any atom is -0.493 e. The van der Waals surface area contributed by atoms with E-state index in [0.29, 0.717) is 22.0 Å². The molecule has 1 amide bonds. The number of halogens is 3. The molecule has 0 unspecified atom stereocenters. The van der Waals surface area contributed by atoms with Crippen LogP contribution < -0.4 is 9.47 Å². The van der Waals surface area contributed by atoms with Gasteiger partial charge in [0.1, 0.15) is 6.54 Å². The zero-order chi connectivity index (χ0) is 23.9. The summed E-state index contributed by atoms with van der Waals surface area (Å²) < 4.78 is 50.0. The largest absolute Gasteiger partial charge is 0.493 e. The maximum atomic E-state index is 13.1. The summed E-state index contributed by atoms with van der Waals surface area (Å²) in [5.41, 5.74) is 0.145. The standard InChI is InChI=1S/C22H23F3N2O5/c1-15(2)32-19-10-8-16(12-20(19)31-3)9-11-21(28)26(14-22(23,24)25)13-17-6-4-5-7-18(17)27(29)30/h4-12,15H,13-14H2,1-3H3/b11-9+. The molecule has 0 atom stereocenters. The van der Waals surface area contributed by atoms with E-state index in [0.717, 1.165) is 6.08 Å². The molecule has 2 aromatic rings. The van der Waals surface area contributed by atoms with Gasteiger partial charge in [-0.15, -0.1) is 0 Å². The summed E-state index contributed by atoms with van der Waals surface area (Å²) in [5.74, 6) is -0.0524. The number of amides is 1.